The molecule has 1 aliphatic rings. The number of anilines is 1. The lowest BCUT2D eigenvalue weighted by Crippen LogP contribution is -2.30. The first-order valence-electron chi connectivity index (χ1n) is 6.65. The van der Waals surface area contributed by atoms with Crippen molar-refractivity contribution in [3.05, 3.63) is 11.2 Å². The van der Waals surface area contributed by atoms with Crippen LogP contribution in [0.25, 0.3) is 0 Å². The van der Waals surface area contributed by atoms with E-state index in [1.54, 1.807) is 5.51 Å². The van der Waals surface area contributed by atoms with E-state index >= 15 is 0 Å². The van der Waals surface area contributed by atoms with E-state index in [1.165, 1.54) is 43.4 Å². The maximum Gasteiger partial charge on any atom is 0.357 e. The molecule has 0 saturated heterocycles. The Kier molecular flexibility index (Phi) is 4.58. The van der Waals surface area contributed by atoms with Gasteiger partial charge in [-0.1, -0.05) is 26.2 Å². The minimum Gasteiger partial charge on any atom is -0.476 e. The number of carbonyl (C=O) groups is 1. The summed E-state index contributed by atoms with van der Waals surface area (Å²) in [5.41, 5.74) is 1.76. The second kappa shape index (κ2) is 6.18. The van der Waals surface area contributed by atoms with E-state index in [4.69, 9.17) is 5.11 Å². The van der Waals surface area contributed by atoms with Crippen molar-refractivity contribution < 1.29 is 9.90 Å². The average molecular weight is 268 g/mol. The maximum absolute atomic E-state index is 11.0. The molecule has 2 rings (SSSR count). The topological polar surface area (TPSA) is 62.2 Å². The Morgan fingerprint density at radius 2 is 2.28 bits per heavy atom. The van der Waals surface area contributed by atoms with E-state index in [9.17, 15) is 4.79 Å². The quantitative estimate of drug-likeness (QED) is 0.856. The molecule has 2 N–H and O–H groups in total. The van der Waals surface area contributed by atoms with Crippen LogP contribution in [0.5, 0.6) is 0 Å². The Bertz CT molecular complexity index is 399. The molecule has 1 aromatic rings. The van der Waals surface area contributed by atoms with Crippen LogP contribution in [0.2, 0.25) is 0 Å². The van der Waals surface area contributed by atoms with Crippen molar-refractivity contribution >= 4 is 22.3 Å². The van der Waals surface area contributed by atoms with Crippen LogP contribution in [0.1, 0.15) is 55.9 Å². The van der Waals surface area contributed by atoms with E-state index in [1.807, 2.05) is 0 Å². The molecule has 0 aliphatic heterocycles. The number of hydrogen-bond acceptors (Lipinski definition) is 4. The molecule has 0 bridgehead atoms. The first-order chi connectivity index (χ1) is 8.72. The van der Waals surface area contributed by atoms with Crippen molar-refractivity contribution in [3.63, 3.8) is 0 Å². The van der Waals surface area contributed by atoms with Gasteiger partial charge >= 0.3 is 5.97 Å². The lowest BCUT2D eigenvalue weighted by molar-refractivity contribution is 0.0692. The fourth-order valence-electron chi connectivity index (χ4n) is 2.76. The summed E-state index contributed by atoms with van der Waals surface area (Å²) in [6.07, 6.45) is 7.49. The van der Waals surface area contributed by atoms with E-state index < -0.39 is 5.97 Å². The van der Waals surface area contributed by atoms with E-state index in [2.05, 4.69) is 17.2 Å². The molecule has 1 unspecified atom stereocenters. The number of aromatic carboxylic acids is 1. The molecule has 0 aromatic carbocycles. The Labute approximate surface area is 111 Å². The number of carboxylic acids is 1. The molecule has 18 heavy (non-hydrogen) atoms. The van der Waals surface area contributed by atoms with Crippen LogP contribution in [0.4, 0.5) is 5.00 Å². The van der Waals surface area contributed by atoms with Crippen molar-refractivity contribution in [2.24, 2.45) is 5.92 Å². The molecule has 5 heteroatoms. The monoisotopic (exact) mass is 268 g/mol. The summed E-state index contributed by atoms with van der Waals surface area (Å²) in [6, 6.07) is 0.379. The molecular weight excluding hydrogens is 248 g/mol. The van der Waals surface area contributed by atoms with Gasteiger partial charge in [0.05, 0.1) is 5.51 Å². The summed E-state index contributed by atoms with van der Waals surface area (Å²) in [4.78, 5) is 14.9. The minimum atomic E-state index is -0.947. The van der Waals surface area contributed by atoms with Gasteiger partial charge in [-0.05, 0) is 25.2 Å². The molecule has 1 atom stereocenters. The number of carboxylic acid groups (broad SMARTS) is 1. The molecule has 1 heterocycles. The van der Waals surface area contributed by atoms with Gasteiger partial charge in [0, 0.05) is 6.04 Å². The van der Waals surface area contributed by atoms with Gasteiger partial charge < -0.3 is 10.4 Å². The van der Waals surface area contributed by atoms with Gasteiger partial charge in [-0.15, -0.1) is 11.3 Å². The number of nitrogens with zero attached hydrogens (tertiary/aromatic N) is 1. The summed E-state index contributed by atoms with van der Waals surface area (Å²) in [5, 5.41) is 13.2. The zero-order valence-corrected chi connectivity index (χ0v) is 11.5. The van der Waals surface area contributed by atoms with Gasteiger partial charge in [-0.25, -0.2) is 9.78 Å². The van der Waals surface area contributed by atoms with Crippen molar-refractivity contribution in [1.82, 2.24) is 4.98 Å². The number of nitrogens with one attached hydrogen (secondary N) is 1. The zero-order chi connectivity index (χ0) is 13.0. The fourth-order valence-corrected chi connectivity index (χ4v) is 3.49. The number of thiazole rings is 1. The highest BCUT2D eigenvalue weighted by molar-refractivity contribution is 7.14. The first kappa shape index (κ1) is 13.3. The highest BCUT2D eigenvalue weighted by atomic mass is 32.1. The molecular formula is C13H20N2O2S. The van der Waals surface area contributed by atoms with Gasteiger partial charge in [-0.3, -0.25) is 0 Å². The number of aromatic nitrogens is 1. The lowest BCUT2D eigenvalue weighted by atomic mass is 9.83. The summed E-state index contributed by atoms with van der Waals surface area (Å²) in [6.45, 7) is 2.16. The van der Waals surface area contributed by atoms with E-state index in [0.717, 1.165) is 6.42 Å². The van der Waals surface area contributed by atoms with Crippen LogP contribution in [0.15, 0.2) is 5.51 Å². The molecule has 100 valence electrons. The Balaban J connectivity index is 2.04. The van der Waals surface area contributed by atoms with Crippen molar-refractivity contribution in [1.29, 1.82) is 0 Å². The van der Waals surface area contributed by atoms with Crippen LogP contribution in [0, 0.1) is 5.92 Å². The molecule has 0 spiro atoms. The maximum atomic E-state index is 11.0. The van der Waals surface area contributed by atoms with Crippen molar-refractivity contribution in [2.45, 2.75) is 51.5 Å². The lowest BCUT2D eigenvalue weighted by Gasteiger charge is -2.30. The summed E-state index contributed by atoms with van der Waals surface area (Å²) < 4.78 is 0. The van der Waals surface area contributed by atoms with Gasteiger partial charge in [0.15, 0.2) is 5.69 Å². The average Bonchev–Trinajstić information content (AvgIpc) is 2.85. The molecule has 4 nitrogen and oxygen atoms in total. The highest BCUT2D eigenvalue weighted by Crippen LogP contribution is 2.31. The molecule has 0 radical (unpaired) electrons. The zero-order valence-electron chi connectivity index (χ0n) is 10.7. The Morgan fingerprint density at radius 1 is 1.56 bits per heavy atom. The van der Waals surface area contributed by atoms with Crippen LogP contribution < -0.4 is 5.32 Å². The molecule has 0 amide bonds. The Morgan fingerprint density at radius 3 is 2.89 bits per heavy atom. The smallest absolute Gasteiger partial charge is 0.357 e. The second-order valence-electron chi connectivity index (χ2n) is 4.89. The Hall–Kier alpha value is -1.10. The molecule has 1 fully saturated rings. The van der Waals surface area contributed by atoms with Gasteiger partial charge in [-0.2, -0.15) is 0 Å². The molecule has 1 aliphatic carbocycles. The number of rotatable bonds is 5. The third kappa shape index (κ3) is 3.02. The third-order valence-corrected chi connectivity index (χ3v) is 4.50. The molecule has 1 saturated carbocycles. The summed E-state index contributed by atoms with van der Waals surface area (Å²) in [7, 11) is 0. The van der Waals surface area contributed by atoms with Crippen LogP contribution in [0.3, 0.4) is 0 Å². The predicted octanol–water partition coefficient (Wildman–Crippen LogP) is 3.61. The molecule has 1 aromatic heterocycles. The highest BCUT2D eigenvalue weighted by Gasteiger charge is 2.24. The summed E-state index contributed by atoms with van der Waals surface area (Å²) >= 11 is 1.38. The van der Waals surface area contributed by atoms with Crippen LogP contribution in [-0.2, 0) is 0 Å². The van der Waals surface area contributed by atoms with Crippen LogP contribution in [-0.4, -0.2) is 22.1 Å². The van der Waals surface area contributed by atoms with E-state index in [0.29, 0.717) is 17.0 Å². The van der Waals surface area contributed by atoms with Crippen molar-refractivity contribution in [3.8, 4) is 0 Å². The summed E-state index contributed by atoms with van der Waals surface area (Å²) in [5.74, 6) is -0.273. The predicted molar refractivity (Wildman–Crippen MR) is 73.4 cm³/mol. The minimum absolute atomic E-state index is 0.161. The van der Waals surface area contributed by atoms with Crippen molar-refractivity contribution in [2.75, 3.05) is 5.32 Å². The van der Waals surface area contributed by atoms with Gasteiger partial charge in [0.2, 0.25) is 0 Å². The third-order valence-electron chi connectivity index (χ3n) is 3.75. The number of hydrogen-bond donors (Lipinski definition) is 2. The largest absolute Gasteiger partial charge is 0.476 e. The normalized spacial score (nSPS) is 18.5. The standard InChI is InChI=1S/C13H20N2O2S/c1-2-10(9-6-4-3-5-7-9)15-12-11(13(16)17)14-8-18-12/h8-10,15H,2-7H2,1H3,(H,16,17). The van der Waals surface area contributed by atoms with Gasteiger partial charge in [0.25, 0.3) is 0 Å². The van der Waals surface area contributed by atoms with E-state index in [-0.39, 0.29) is 5.69 Å². The fraction of sp³-hybridized carbons (Fsp3) is 0.692. The second-order valence-corrected chi connectivity index (χ2v) is 5.75. The SMILES string of the molecule is CCC(Nc1scnc1C(=O)O)C1CCCCC1. The first-order valence-corrected chi connectivity index (χ1v) is 7.53. The van der Waals surface area contributed by atoms with Gasteiger partial charge in [0.1, 0.15) is 5.00 Å². The van der Waals surface area contributed by atoms with Crippen LogP contribution >= 0.6 is 11.3 Å².